The highest BCUT2D eigenvalue weighted by atomic mass is 19.4. The van der Waals surface area contributed by atoms with E-state index in [1.54, 1.807) is 0 Å². The number of benzene rings is 2. The molecule has 2 aromatic heterocycles. The van der Waals surface area contributed by atoms with Crippen LogP contribution in [0.15, 0.2) is 54.9 Å². The summed E-state index contributed by atoms with van der Waals surface area (Å²) in [6, 6.07) is 17.0. The minimum absolute atomic E-state index is 0.948. The highest BCUT2D eigenvalue weighted by molar-refractivity contribution is 5.77. The van der Waals surface area contributed by atoms with Gasteiger partial charge < -0.3 is 10.1 Å². The molecule has 0 fully saturated rings. The Kier molecular flexibility index (Phi) is 6.19. The molecule has 0 saturated heterocycles. The van der Waals surface area contributed by atoms with E-state index in [0.717, 1.165) is 48.6 Å². The fourth-order valence-electron chi connectivity index (χ4n) is 3.81. The number of carboxylic acid groups (broad SMARTS) is 1. The largest absolute Gasteiger partial charge is 0.490 e. The Morgan fingerprint density at radius 1 is 1.15 bits per heavy atom. The van der Waals surface area contributed by atoms with Crippen LogP contribution < -0.4 is 0 Å². The molecule has 2 aromatic carbocycles. The SMILES string of the molecule is Cc1nc2c([nH]1)CN(Cc1ccc(-n3cnc4ccccc43)cc1)CC2.O=C(O)C(F)(F)F. The van der Waals surface area contributed by atoms with Crippen LogP contribution in [-0.2, 0) is 24.3 Å². The molecule has 5 rings (SSSR count). The van der Waals surface area contributed by atoms with Crippen LogP contribution in [0.5, 0.6) is 0 Å². The first-order valence-electron chi connectivity index (χ1n) is 10.3. The number of rotatable bonds is 3. The first-order valence-corrected chi connectivity index (χ1v) is 10.3. The quantitative estimate of drug-likeness (QED) is 0.480. The van der Waals surface area contributed by atoms with Crippen molar-refractivity contribution in [3.63, 3.8) is 0 Å². The molecule has 1 aliphatic heterocycles. The van der Waals surface area contributed by atoms with E-state index in [0.29, 0.717) is 0 Å². The van der Waals surface area contributed by atoms with Crippen molar-refractivity contribution in [2.45, 2.75) is 32.6 Å². The summed E-state index contributed by atoms with van der Waals surface area (Å²) < 4.78 is 33.9. The number of alkyl halides is 3. The second kappa shape index (κ2) is 9.07. The molecule has 2 N–H and O–H groups in total. The normalized spacial score (nSPS) is 13.9. The number of hydrogen-bond acceptors (Lipinski definition) is 4. The van der Waals surface area contributed by atoms with E-state index in [1.165, 1.54) is 17.0 Å². The molecule has 0 aliphatic carbocycles. The van der Waals surface area contributed by atoms with E-state index in [1.807, 2.05) is 25.4 Å². The number of nitrogens with one attached hydrogen (secondary N) is 1. The zero-order chi connectivity index (χ0) is 23.6. The number of H-pyrrole nitrogens is 1. The van der Waals surface area contributed by atoms with Crippen molar-refractivity contribution < 1.29 is 23.1 Å². The lowest BCUT2D eigenvalue weighted by Crippen LogP contribution is -2.30. The van der Waals surface area contributed by atoms with Crippen LogP contribution in [0.1, 0.15) is 22.8 Å². The van der Waals surface area contributed by atoms with Gasteiger partial charge in [0.1, 0.15) is 12.2 Å². The number of aliphatic carboxylic acids is 1. The molecular formula is C23H22F3N5O2. The van der Waals surface area contributed by atoms with E-state index in [-0.39, 0.29) is 0 Å². The number of nitrogens with zero attached hydrogens (tertiary/aromatic N) is 4. The van der Waals surface area contributed by atoms with Crippen LogP contribution in [-0.4, -0.2) is 48.2 Å². The summed E-state index contributed by atoms with van der Waals surface area (Å²) in [5.41, 5.74) is 7.15. The average Bonchev–Trinajstić information content (AvgIpc) is 3.36. The van der Waals surface area contributed by atoms with Crippen LogP contribution in [0.4, 0.5) is 13.2 Å². The Morgan fingerprint density at radius 2 is 1.85 bits per heavy atom. The minimum Gasteiger partial charge on any atom is -0.475 e. The Hall–Kier alpha value is -3.66. The van der Waals surface area contributed by atoms with Crippen molar-refractivity contribution in [1.29, 1.82) is 0 Å². The molecule has 0 saturated carbocycles. The second-order valence-corrected chi connectivity index (χ2v) is 7.78. The topological polar surface area (TPSA) is 87.0 Å². The molecule has 10 heteroatoms. The van der Waals surface area contributed by atoms with Gasteiger partial charge in [0.15, 0.2) is 0 Å². The summed E-state index contributed by atoms with van der Waals surface area (Å²) in [7, 11) is 0. The third-order valence-electron chi connectivity index (χ3n) is 5.35. The highest BCUT2D eigenvalue weighted by Crippen LogP contribution is 2.21. The maximum Gasteiger partial charge on any atom is 0.490 e. The zero-order valence-corrected chi connectivity index (χ0v) is 17.8. The number of imidazole rings is 2. The van der Waals surface area contributed by atoms with E-state index in [4.69, 9.17) is 9.90 Å². The molecule has 0 amide bonds. The van der Waals surface area contributed by atoms with Gasteiger partial charge in [-0.25, -0.2) is 14.8 Å². The van der Waals surface area contributed by atoms with Gasteiger partial charge in [-0.1, -0.05) is 24.3 Å². The van der Waals surface area contributed by atoms with Crippen molar-refractivity contribution in [3.8, 4) is 5.69 Å². The standard InChI is InChI=1S/C21H21N5.C2HF3O2/c1-15-23-18-10-11-25(13-20(18)24-15)12-16-6-8-17(9-7-16)26-14-22-19-4-2-3-5-21(19)26;3-2(4,5)1(6)7/h2-9,14H,10-13H2,1H3,(H,23,24);(H,6,7). The van der Waals surface area contributed by atoms with E-state index in [2.05, 4.69) is 60.8 Å². The lowest BCUT2D eigenvalue weighted by atomic mass is 10.1. The lowest BCUT2D eigenvalue weighted by Gasteiger charge is -2.26. The van der Waals surface area contributed by atoms with Crippen LogP contribution in [0.3, 0.4) is 0 Å². The fourth-order valence-corrected chi connectivity index (χ4v) is 3.81. The van der Waals surface area contributed by atoms with Gasteiger partial charge in [0.25, 0.3) is 0 Å². The van der Waals surface area contributed by atoms with Crippen molar-refractivity contribution >= 4 is 17.0 Å². The Labute approximate surface area is 187 Å². The molecule has 3 heterocycles. The Bertz CT molecular complexity index is 1260. The van der Waals surface area contributed by atoms with Crippen LogP contribution in [0.25, 0.3) is 16.7 Å². The van der Waals surface area contributed by atoms with Gasteiger partial charge in [0.05, 0.1) is 22.4 Å². The summed E-state index contributed by atoms with van der Waals surface area (Å²) in [5.74, 6) is -1.73. The third kappa shape index (κ3) is 5.23. The maximum absolute atomic E-state index is 10.6. The first-order chi connectivity index (χ1) is 15.7. The monoisotopic (exact) mass is 457 g/mol. The minimum atomic E-state index is -5.08. The molecule has 0 atom stereocenters. The summed E-state index contributed by atoms with van der Waals surface area (Å²) in [6.45, 7) is 5.00. The van der Waals surface area contributed by atoms with Crippen molar-refractivity contribution in [3.05, 3.63) is 77.6 Å². The Balaban J connectivity index is 0.000000325. The number of aromatic nitrogens is 4. The van der Waals surface area contributed by atoms with Gasteiger partial charge in [-0.05, 0) is 36.8 Å². The van der Waals surface area contributed by atoms with Crippen LogP contribution in [0.2, 0.25) is 0 Å². The van der Waals surface area contributed by atoms with E-state index in [9.17, 15) is 13.2 Å². The van der Waals surface area contributed by atoms with Gasteiger partial charge in [0, 0.05) is 31.7 Å². The van der Waals surface area contributed by atoms with Crippen molar-refractivity contribution in [2.75, 3.05) is 6.54 Å². The number of para-hydroxylation sites is 2. The molecule has 0 bridgehead atoms. The molecule has 0 unspecified atom stereocenters. The fraction of sp³-hybridized carbons (Fsp3) is 0.261. The Morgan fingerprint density at radius 3 is 2.55 bits per heavy atom. The average molecular weight is 457 g/mol. The smallest absolute Gasteiger partial charge is 0.475 e. The molecule has 0 spiro atoms. The number of carbonyl (C=O) groups is 1. The summed E-state index contributed by atoms with van der Waals surface area (Å²) in [5, 5.41) is 7.12. The highest BCUT2D eigenvalue weighted by Gasteiger charge is 2.38. The van der Waals surface area contributed by atoms with E-state index < -0.39 is 12.1 Å². The van der Waals surface area contributed by atoms with Crippen molar-refractivity contribution in [1.82, 2.24) is 24.4 Å². The lowest BCUT2D eigenvalue weighted by molar-refractivity contribution is -0.192. The molecule has 1 aliphatic rings. The molecule has 172 valence electrons. The van der Waals surface area contributed by atoms with Gasteiger partial charge in [0.2, 0.25) is 0 Å². The van der Waals surface area contributed by atoms with Gasteiger partial charge in [-0.3, -0.25) is 9.47 Å². The number of fused-ring (bicyclic) bond motifs is 2. The summed E-state index contributed by atoms with van der Waals surface area (Å²) >= 11 is 0. The summed E-state index contributed by atoms with van der Waals surface area (Å²) in [6.07, 6.45) is -2.16. The second-order valence-electron chi connectivity index (χ2n) is 7.78. The van der Waals surface area contributed by atoms with Crippen LogP contribution in [0, 0.1) is 6.92 Å². The molecule has 4 aromatic rings. The van der Waals surface area contributed by atoms with Crippen molar-refractivity contribution in [2.24, 2.45) is 0 Å². The zero-order valence-electron chi connectivity index (χ0n) is 17.8. The predicted molar refractivity (Wildman–Crippen MR) is 116 cm³/mol. The number of hydrogen-bond donors (Lipinski definition) is 2. The third-order valence-corrected chi connectivity index (χ3v) is 5.35. The molecular weight excluding hydrogens is 435 g/mol. The van der Waals surface area contributed by atoms with Gasteiger partial charge in [-0.15, -0.1) is 0 Å². The van der Waals surface area contributed by atoms with Gasteiger partial charge >= 0.3 is 12.1 Å². The molecule has 7 nitrogen and oxygen atoms in total. The first kappa shape index (κ1) is 22.5. The number of carboxylic acids is 1. The number of halogens is 3. The molecule has 0 radical (unpaired) electrons. The maximum atomic E-state index is 10.6. The van der Waals surface area contributed by atoms with Crippen LogP contribution >= 0.6 is 0 Å². The molecule has 33 heavy (non-hydrogen) atoms. The number of aromatic amines is 1. The van der Waals surface area contributed by atoms with E-state index >= 15 is 0 Å². The van der Waals surface area contributed by atoms with Gasteiger partial charge in [-0.2, -0.15) is 13.2 Å². The predicted octanol–water partition coefficient (Wildman–Crippen LogP) is 4.25. The summed E-state index contributed by atoms with van der Waals surface area (Å²) in [4.78, 5) is 23.8. The number of aryl methyl sites for hydroxylation is 1.